The first-order chi connectivity index (χ1) is 16.2. The second-order valence-corrected chi connectivity index (χ2v) is 7.54. The zero-order chi connectivity index (χ0) is 24.8. The molecule has 35 heavy (non-hydrogen) atoms. The first-order valence-electron chi connectivity index (χ1n) is 10.3. The zero-order valence-electron chi connectivity index (χ0n) is 19.9. The van der Waals surface area contributed by atoms with E-state index in [-0.39, 0.29) is 29.6 Å². The largest absolute Gasteiger partial charge is 1.00 e. The van der Waals surface area contributed by atoms with Crippen LogP contribution in [0.1, 0.15) is 18.0 Å². The van der Waals surface area contributed by atoms with Crippen molar-refractivity contribution in [3.05, 3.63) is 60.3 Å². The third-order valence-corrected chi connectivity index (χ3v) is 5.30. The van der Waals surface area contributed by atoms with Gasteiger partial charge in [-0.05, 0) is 35.4 Å². The summed E-state index contributed by atoms with van der Waals surface area (Å²) in [5.41, 5.74) is 1.85. The number of nitrogens with zero attached hydrogens (tertiary/aromatic N) is 1. The second kappa shape index (κ2) is 12.4. The van der Waals surface area contributed by atoms with Gasteiger partial charge in [-0.1, -0.05) is 18.2 Å². The number of hydrogen-bond acceptors (Lipinski definition) is 7. The van der Waals surface area contributed by atoms with Crippen LogP contribution < -0.4 is 54.8 Å². The molecule has 3 rings (SSSR count). The Morgan fingerprint density at radius 1 is 1.11 bits per heavy atom. The molecular formula is C24H24N3NaO7. The van der Waals surface area contributed by atoms with Crippen LogP contribution in [0.2, 0.25) is 0 Å². The quantitative estimate of drug-likeness (QED) is 0.317. The number of aliphatic carboxylic acids is 1. The van der Waals surface area contributed by atoms with E-state index in [0.717, 1.165) is 5.56 Å². The van der Waals surface area contributed by atoms with Crippen LogP contribution in [0, 0.1) is 0 Å². The molecule has 0 bridgehead atoms. The van der Waals surface area contributed by atoms with E-state index in [9.17, 15) is 24.3 Å². The normalized spacial score (nSPS) is 15.6. The van der Waals surface area contributed by atoms with Crippen molar-refractivity contribution in [1.29, 1.82) is 0 Å². The maximum absolute atomic E-state index is 12.6. The number of hydrogen-bond donors (Lipinski definition) is 2. The molecular weight excluding hydrogens is 465 g/mol. The summed E-state index contributed by atoms with van der Waals surface area (Å²) in [5.74, 6) is -1.43. The van der Waals surface area contributed by atoms with Gasteiger partial charge >= 0.3 is 35.6 Å². The van der Waals surface area contributed by atoms with Crippen LogP contribution in [0.4, 0.5) is 4.79 Å². The molecule has 1 aliphatic rings. The minimum absolute atomic E-state index is 0. The van der Waals surface area contributed by atoms with E-state index in [1.807, 2.05) is 6.07 Å². The number of nitrogens with one attached hydrogen (secondary N) is 2. The molecule has 0 saturated heterocycles. The summed E-state index contributed by atoms with van der Waals surface area (Å²) in [7, 11) is 4.50. The van der Waals surface area contributed by atoms with Gasteiger partial charge in [-0.25, -0.2) is 4.79 Å². The zero-order valence-corrected chi connectivity index (χ0v) is 21.9. The van der Waals surface area contributed by atoms with E-state index in [1.165, 1.54) is 31.3 Å². The summed E-state index contributed by atoms with van der Waals surface area (Å²) in [4.78, 5) is 49.5. The van der Waals surface area contributed by atoms with Crippen LogP contribution in [-0.2, 0) is 14.4 Å². The molecule has 10 nitrogen and oxygen atoms in total. The van der Waals surface area contributed by atoms with Crippen molar-refractivity contribution in [3.8, 4) is 22.6 Å². The summed E-state index contributed by atoms with van der Waals surface area (Å²) in [5, 5.41) is 16.2. The van der Waals surface area contributed by atoms with Crippen molar-refractivity contribution in [2.45, 2.75) is 18.5 Å². The number of carbonyl (C=O) groups is 4. The molecule has 0 saturated carbocycles. The first-order valence-corrected chi connectivity index (χ1v) is 10.3. The molecule has 0 fully saturated rings. The Morgan fingerprint density at radius 2 is 1.86 bits per heavy atom. The van der Waals surface area contributed by atoms with Gasteiger partial charge in [-0.2, -0.15) is 0 Å². The Morgan fingerprint density at radius 3 is 2.51 bits per heavy atom. The van der Waals surface area contributed by atoms with Crippen molar-refractivity contribution in [2.75, 3.05) is 21.3 Å². The number of urea groups is 1. The average molecular weight is 489 g/mol. The molecule has 2 aromatic rings. The number of amides is 3. The number of ether oxygens (including phenoxy) is 2. The van der Waals surface area contributed by atoms with Gasteiger partial charge in [0.15, 0.2) is 11.8 Å². The smallest absolute Gasteiger partial charge is 0.550 e. The number of carboxylic acid groups (broad SMARTS) is 1. The molecule has 3 amide bonds. The minimum atomic E-state index is -1.40. The molecule has 2 N–H and O–H groups in total. The van der Waals surface area contributed by atoms with E-state index in [4.69, 9.17) is 9.47 Å². The molecule has 178 valence electrons. The van der Waals surface area contributed by atoms with Crippen molar-refractivity contribution < 1.29 is 63.3 Å². The van der Waals surface area contributed by atoms with E-state index in [0.29, 0.717) is 22.6 Å². The average Bonchev–Trinajstić information content (AvgIpc) is 2.83. The van der Waals surface area contributed by atoms with Gasteiger partial charge in [-0.15, -0.1) is 0 Å². The van der Waals surface area contributed by atoms with Crippen LogP contribution in [-0.4, -0.2) is 55.9 Å². The maximum Gasteiger partial charge on any atom is 1.00 e. The van der Waals surface area contributed by atoms with Gasteiger partial charge in [0.2, 0.25) is 0 Å². The standard InChI is InChI=1S/C24H25N3O7.Na/c1-27-10-9-19(28)22(23(27)31)26-24(32)25-18(13-21(29)30)15-7-8-20(34-3)17(12-15)14-5-4-6-16(11-14)33-2;/h4-12,18,22H,13H2,1-3H3,(H,29,30)(H2,25,26,32);/q;+1/p-1/t18-,22?;/m0./s1. The molecule has 1 aliphatic heterocycles. The van der Waals surface area contributed by atoms with Crippen molar-refractivity contribution in [3.63, 3.8) is 0 Å². The van der Waals surface area contributed by atoms with Crippen molar-refractivity contribution in [1.82, 2.24) is 15.5 Å². The number of carbonyl (C=O) groups excluding carboxylic acids is 4. The van der Waals surface area contributed by atoms with E-state index >= 15 is 0 Å². The predicted molar refractivity (Wildman–Crippen MR) is 120 cm³/mol. The molecule has 0 aromatic heterocycles. The maximum atomic E-state index is 12.6. The number of benzene rings is 2. The number of methoxy groups -OCH3 is 2. The Kier molecular flexibility index (Phi) is 9.88. The summed E-state index contributed by atoms with van der Waals surface area (Å²) in [6.45, 7) is 0. The summed E-state index contributed by atoms with van der Waals surface area (Å²) in [6, 6.07) is 8.88. The number of ketones is 1. The fourth-order valence-electron chi connectivity index (χ4n) is 3.52. The van der Waals surface area contributed by atoms with E-state index < -0.39 is 42.2 Å². The number of carboxylic acids is 1. The van der Waals surface area contributed by atoms with Gasteiger partial charge in [0, 0.05) is 37.3 Å². The molecule has 11 heteroatoms. The Hall–Kier alpha value is -3.34. The van der Waals surface area contributed by atoms with Gasteiger partial charge in [0.05, 0.1) is 20.3 Å². The van der Waals surface area contributed by atoms with Crippen LogP contribution >= 0.6 is 0 Å². The molecule has 2 atom stereocenters. The topological polar surface area (TPSA) is 137 Å². The third kappa shape index (κ3) is 6.84. The number of likely N-dealkylation sites (N-methyl/N-ethyl adjacent to an activating group) is 1. The Balaban J connectivity index is 0.00000432. The number of rotatable bonds is 8. The van der Waals surface area contributed by atoms with E-state index in [2.05, 4.69) is 10.6 Å². The summed E-state index contributed by atoms with van der Waals surface area (Å²) < 4.78 is 10.7. The monoisotopic (exact) mass is 489 g/mol. The Bertz CT molecular complexity index is 1150. The molecule has 1 unspecified atom stereocenters. The predicted octanol–water partition coefficient (Wildman–Crippen LogP) is -2.22. The van der Waals surface area contributed by atoms with E-state index in [1.54, 1.807) is 43.5 Å². The van der Waals surface area contributed by atoms with Crippen LogP contribution in [0.3, 0.4) is 0 Å². The molecule has 0 spiro atoms. The minimum Gasteiger partial charge on any atom is -0.550 e. The SMILES string of the molecule is COc1cccc(-c2cc([C@H](CC(=O)[O-])NC(=O)NC3C(=O)C=CN(C)C3=O)ccc2OC)c1.[Na+]. The van der Waals surface area contributed by atoms with Gasteiger partial charge in [0.25, 0.3) is 5.91 Å². The summed E-state index contributed by atoms with van der Waals surface area (Å²) >= 11 is 0. The first kappa shape index (κ1) is 27.9. The second-order valence-electron chi connectivity index (χ2n) is 7.54. The Labute approximate surface area is 224 Å². The van der Waals surface area contributed by atoms with Crippen molar-refractivity contribution >= 4 is 23.7 Å². The van der Waals surface area contributed by atoms with Crippen LogP contribution in [0.25, 0.3) is 11.1 Å². The molecule has 1 heterocycles. The fourth-order valence-corrected chi connectivity index (χ4v) is 3.52. The van der Waals surface area contributed by atoms with Gasteiger partial charge < -0.3 is 34.9 Å². The van der Waals surface area contributed by atoms with Gasteiger partial charge in [0.1, 0.15) is 11.5 Å². The van der Waals surface area contributed by atoms with Crippen LogP contribution in [0.15, 0.2) is 54.7 Å². The van der Waals surface area contributed by atoms with Gasteiger partial charge in [-0.3, -0.25) is 9.59 Å². The van der Waals surface area contributed by atoms with Crippen LogP contribution in [0.5, 0.6) is 11.5 Å². The summed E-state index contributed by atoms with van der Waals surface area (Å²) in [6.07, 6.45) is 1.94. The molecule has 2 aromatic carbocycles. The molecule has 0 radical (unpaired) electrons. The molecule has 0 aliphatic carbocycles. The van der Waals surface area contributed by atoms with Crippen molar-refractivity contribution in [2.24, 2.45) is 0 Å². The third-order valence-electron chi connectivity index (χ3n) is 5.30. The fraction of sp³-hybridized carbons (Fsp3) is 0.250.